The standard InChI is InChI=1S/C35H43BFNO9/c1-20(21(2)39)16-26(37)30(43-19-22-12-14-25(42-8)15-13-22)31-27(44-34(3,4)46-31)11-9-10-23-17-24(38(7)33(36)41)18-28-29(23)32(40)47-35(5,6)45-28/h9-10,12-18,20-21,27,30-31,39H,11,19H2,1-8H3/t20-,21+,27+,30-,31+/m1/s1. The predicted molar refractivity (Wildman–Crippen MR) is 175 cm³/mol. The van der Waals surface area contributed by atoms with E-state index < -0.39 is 59.5 Å². The molecule has 1 fully saturated rings. The molecule has 10 nitrogen and oxygen atoms in total. The lowest BCUT2D eigenvalue weighted by Gasteiger charge is -2.33. The minimum Gasteiger partial charge on any atom is -0.497 e. The SMILES string of the molecule is [B]C(=O)N(C)c1cc(C=CC[C@@H]2OC(C)(C)O[C@@H]2[C@H](OCc2ccc(OC)cc2)C(F)=C[C@@H](C)[C@H](C)O)c2c(c1)OC(C)(C)OC2=O. The van der Waals surface area contributed by atoms with Crippen LogP contribution in [0.2, 0.25) is 0 Å². The summed E-state index contributed by atoms with van der Waals surface area (Å²) in [5, 5.41) is 10.0. The Kier molecular flexibility index (Phi) is 11.2. The van der Waals surface area contributed by atoms with Gasteiger partial charge in [0.15, 0.2) is 11.6 Å². The summed E-state index contributed by atoms with van der Waals surface area (Å²) >= 11 is 0. The Morgan fingerprint density at radius 3 is 2.40 bits per heavy atom. The van der Waals surface area contributed by atoms with Crippen molar-refractivity contribution in [1.82, 2.24) is 0 Å². The van der Waals surface area contributed by atoms with Gasteiger partial charge in [-0.15, -0.1) is 0 Å². The van der Waals surface area contributed by atoms with E-state index in [4.69, 9.17) is 36.3 Å². The molecule has 0 aromatic heterocycles. The molecule has 1 N–H and O–H groups in total. The van der Waals surface area contributed by atoms with Crippen molar-refractivity contribution in [3.8, 4) is 11.5 Å². The highest BCUT2D eigenvalue weighted by atomic mass is 19.1. The first-order valence-electron chi connectivity index (χ1n) is 15.5. The zero-order chi connectivity index (χ0) is 34.7. The molecule has 1 saturated heterocycles. The summed E-state index contributed by atoms with van der Waals surface area (Å²) < 4.78 is 51.2. The number of ether oxygens (including phenoxy) is 6. The highest BCUT2D eigenvalue weighted by Gasteiger charge is 2.47. The quantitative estimate of drug-likeness (QED) is 0.215. The molecule has 0 saturated carbocycles. The molecule has 2 radical (unpaired) electrons. The number of hydrogen-bond donors (Lipinski definition) is 1. The second-order valence-corrected chi connectivity index (χ2v) is 12.7. The molecule has 4 rings (SSSR count). The van der Waals surface area contributed by atoms with E-state index in [1.807, 2.05) is 12.1 Å². The van der Waals surface area contributed by atoms with Crippen LogP contribution in [0.1, 0.15) is 69.4 Å². The number of esters is 1. The topological polar surface area (TPSA) is 113 Å². The number of hydrogen-bond acceptors (Lipinski definition) is 9. The maximum Gasteiger partial charge on any atom is 0.345 e. The Bertz CT molecular complexity index is 1510. The first kappa shape index (κ1) is 36.1. The Hall–Kier alpha value is -3.71. The van der Waals surface area contributed by atoms with Gasteiger partial charge in [0.2, 0.25) is 13.6 Å². The summed E-state index contributed by atoms with van der Waals surface area (Å²) in [6.07, 6.45) is 1.53. The molecule has 0 aliphatic carbocycles. The molecule has 0 bridgehead atoms. The van der Waals surface area contributed by atoms with Crippen molar-refractivity contribution in [2.45, 2.75) is 90.6 Å². The van der Waals surface area contributed by atoms with Crippen molar-refractivity contribution < 1.29 is 47.5 Å². The van der Waals surface area contributed by atoms with E-state index in [0.717, 1.165) is 5.56 Å². The number of amides is 1. The lowest BCUT2D eigenvalue weighted by molar-refractivity contribution is -0.158. The van der Waals surface area contributed by atoms with Gasteiger partial charge in [-0.25, -0.2) is 9.18 Å². The fraction of sp³-hybridized carbons (Fsp3) is 0.486. The van der Waals surface area contributed by atoms with Crippen molar-refractivity contribution >= 4 is 31.4 Å². The normalized spacial score (nSPS) is 22.2. The largest absolute Gasteiger partial charge is 0.497 e. The summed E-state index contributed by atoms with van der Waals surface area (Å²) in [5.41, 5.74) is 1.81. The average Bonchev–Trinajstić information content (AvgIpc) is 3.29. The lowest BCUT2D eigenvalue weighted by atomic mass is 9.98. The van der Waals surface area contributed by atoms with Gasteiger partial charge >= 0.3 is 5.97 Å². The molecule has 0 unspecified atom stereocenters. The Labute approximate surface area is 276 Å². The summed E-state index contributed by atoms with van der Waals surface area (Å²) in [5.74, 6) is -3.72. The number of carbonyl (C=O) groups is 2. The van der Waals surface area contributed by atoms with Crippen molar-refractivity contribution in [2.75, 3.05) is 19.1 Å². The van der Waals surface area contributed by atoms with Gasteiger partial charge in [-0.05, 0) is 62.6 Å². The molecular formula is C35H43BFNO9. The van der Waals surface area contributed by atoms with Gasteiger partial charge in [0, 0.05) is 38.6 Å². The number of methoxy groups -OCH3 is 1. The predicted octanol–water partition coefficient (Wildman–Crippen LogP) is 6.08. The van der Waals surface area contributed by atoms with Crippen molar-refractivity contribution in [1.29, 1.82) is 0 Å². The third-order valence-electron chi connectivity index (χ3n) is 7.96. The van der Waals surface area contributed by atoms with Crippen molar-refractivity contribution in [2.24, 2.45) is 5.92 Å². The highest BCUT2D eigenvalue weighted by molar-refractivity contribution is 6.60. The van der Waals surface area contributed by atoms with E-state index in [1.54, 1.807) is 85.1 Å². The number of nitrogens with zero attached hydrogens (tertiary/aromatic N) is 1. The number of rotatable bonds is 12. The van der Waals surface area contributed by atoms with E-state index in [-0.39, 0.29) is 24.3 Å². The van der Waals surface area contributed by atoms with Crippen LogP contribution in [0, 0.1) is 5.92 Å². The molecule has 47 heavy (non-hydrogen) atoms. The number of benzene rings is 2. The van der Waals surface area contributed by atoms with Crippen LogP contribution in [0.4, 0.5) is 14.9 Å². The van der Waals surface area contributed by atoms with E-state index in [2.05, 4.69) is 0 Å². The fourth-order valence-corrected chi connectivity index (χ4v) is 5.29. The molecule has 12 heteroatoms. The van der Waals surface area contributed by atoms with Crippen LogP contribution < -0.4 is 14.4 Å². The first-order valence-corrected chi connectivity index (χ1v) is 15.5. The van der Waals surface area contributed by atoms with Crippen LogP contribution >= 0.6 is 0 Å². The number of anilines is 1. The maximum absolute atomic E-state index is 16.0. The van der Waals surface area contributed by atoms with Crippen LogP contribution in [0.25, 0.3) is 6.08 Å². The second-order valence-electron chi connectivity index (χ2n) is 12.7. The van der Waals surface area contributed by atoms with E-state index in [1.165, 1.54) is 18.0 Å². The summed E-state index contributed by atoms with van der Waals surface area (Å²) in [7, 11) is 8.59. The monoisotopic (exact) mass is 651 g/mol. The molecular weight excluding hydrogens is 608 g/mol. The number of cyclic esters (lactones) is 1. The molecule has 2 aliphatic rings. The number of aliphatic hydroxyl groups excluding tert-OH is 1. The summed E-state index contributed by atoms with van der Waals surface area (Å²) in [6, 6.07) is 10.4. The lowest BCUT2D eigenvalue weighted by Crippen LogP contribution is -2.39. The Balaban J connectivity index is 1.65. The minimum absolute atomic E-state index is 0.0760. The van der Waals surface area contributed by atoms with E-state index in [9.17, 15) is 14.7 Å². The third kappa shape index (κ3) is 9.01. The van der Waals surface area contributed by atoms with Crippen molar-refractivity contribution in [3.05, 3.63) is 71.1 Å². The molecule has 2 aliphatic heterocycles. The molecule has 0 spiro atoms. The van der Waals surface area contributed by atoms with Gasteiger partial charge in [0.05, 0.1) is 25.9 Å². The third-order valence-corrected chi connectivity index (χ3v) is 7.96. The minimum atomic E-state index is -1.22. The summed E-state index contributed by atoms with van der Waals surface area (Å²) in [4.78, 5) is 26.2. The number of carbonyl (C=O) groups excluding carboxylic acids is 2. The molecule has 2 heterocycles. The Morgan fingerprint density at radius 1 is 1.11 bits per heavy atom. The van der Waals surface area contributed by atoms with E-state index >= 15 is 4.39 Å². The van der Waals surface area contributed by atoms with Gasteiger partial charge in [0.1, 0.15) is 35.1 Å². The first-order chi connectivity index (χ1) is 22.0. The van der Waals surface area contributed by atoms with Crippen LogP contribution in [0.3, 0.4) is 0 Å². The molecule has 2 aromatic carbocycles. The fourth-order valence-electron chi connectivity index (χ4n) is 5.29. The summed E-state index contributed by atoms with van der Waals surface area (Å²) in [6.45, 7) is 10.1. The molecule has 5 atom stereocenters. The number of fused-ring (bicyclic) bond motifs is 1. The van der Waals surface area contributed by atoms with Gasteiger partial charge in [0.25, 0.3) is 0 Å². The maximum atomic E-state index is 16.0. The van der Waals surface area contributed by atoms with Gasteiger partial charge in [-0.3, -0.25) is 4.79 Å². The van der Waals surface area contributed by atoms with Gasteiger partial charge < -0.3 is 38.4 Å². The van der Waals surface area contributed by atoms with Gasteiger partial charge in [-0.2, -0.15) is 0 Å². The molecule has 1 amide bonds. The van der Waals surface area contributed by atoms with E-state index in [0.29, 0.717) is 17.0 Å². The van der Waals surface area contributed by atoms with Crippen molar-refractivity contribution in [3.63, 3.8) is 0 Å². The molecule has 2 aromatic rings. The second kappa shape index (κ2) is 14.6. The van der Waals surface area contributed by atoms with Gasteiger partial charge in [-0.1, -0.05) is 31.2 Å². The number of halogens is 1. The average molecular weight is 652 g/mol. The van der Waals surface area contributed by atoms with Crippen LogP contribution in [0.15, 0.2) is 54.4 Å². The zero-order valence-electron chi connectivity index (χ0n) is 28.1. The Morgan fingerprint density at radius 2 is 1.79 bits per heavy atom. The highest BCUT2D eigenvalue weighted by Crippen LogP contribution is 2.39. The molecule has 252 valence electrons. The van der Waals surface area contributed by atoms with Crippen LogP contribution in [0.5, 0.6) is 11.5 Å². The zero-order valence-corrected chi connectivity index (χ0v) is 28.1. The number of aliphatic hydroxyl groups is 1. The van der Waals surface area contributed by atoms with Crippen LogP contribution in [-0.4, -0.2) is 74.9 Å². The van der Waals surface area contributed by atoms with Crippen LogP contribution in [-0.2, 0) is 25.6 Å². The smallest absolute Gasteiger partial charge is 0.345 e.